The first-order valence-electron chi connectivity index (χ1n) is 5.38. The van der Waals surface area contributed by atoms with Crippen LogP contribution in [0.15, 0.2) is 0 Å². The predicted molar refractivity (Wildman–Crippen MR) is 60.9 cm³/mol. The van der Waals surface area contributed by atoms with Gasteiger partial charge < -0.3 is 26.0 Å². The number of hydrogen-bond donors (Lipinski definition) is 4. The Morgan fingerprint density at radius 3 is 2.39 bits per heavy atom. The number of nitrogens with one attached hydrogen (secondary N) is 1. The number of nitrogens with two attached hydrogens (primary N) is 1. The van der Waals surface area contributed by atoms with E-state index in [1.807, 2.05) is 0 Å². The Morgan fingerprint density at radius 2 is 1.94 bits per heavy atom. The fourth-order valence-electron chi connectivity index (χ4n) is 1.23. The molecule has 1 amide bonds. The summed E-state index contributed by atoms with van der Waals surface area (Å²) in [7, 11) is 1.51. The number of rotatable bonds is 9. The molecule has 0 fully saturated rings. The molecular weight excluding hydrogens is 244 g/mol. The second kappa shape index (κ2) is 8.43. The van der Waals surface area contributed by atoms with Crippen LogP contribution < -0.4 is 11.1 Å². The minimum absolute atomic E-state index is 0.332. The number of amides is 1. The molecule has 0 aliphatic heterocycles. The van der Waals surface area contributed by atoms with Gasteiger partial charge in [-0.05, 0) is 12.8 Å². The van der Waals surface area contributed by atoms with Gasteiger partial charge in [0.05, 0.1) is 12.5 Å². The largest absolute Gasteiger partial charge is 0.481 e. The normalized spacial score (nSPS) is 13.7. The molecule has 0 heterocycles. The minimum Gasteiger partial charge on any atom is -0.481 e. The molecule has 104 valence electrons. The second-order valence-corrected chi connectivity index (χ2v) is 3.74. The van der Waals surface area contributed by atoms with E-state index in [2.05, 4.69) is 5.32 Å². The van der Waals surface area contributed by atoms with Crippen molar-refractivity contribution in [2.24, 2.45) is 5.73 Å². The van der Waals surface area contributed by atoms with Gasteiger partial charge in [-0.1, -0.05) is 0 Å². The van der Waals surface area contributed by atoms with Gasteiger partial charge in [0.25, 0.3) is 0 Å². The molecule has 18 heavy (non-hydrogen) atoms. The number of hydrogen-bond acceptors (Lipinski definition) is 5. The summed E-state index contributed by atoms with van der Waals surface area (Å²) < 4.78 is 4.78. The molecule has 0 rings (SSSR count). The molecule has 0 aromatic heterocycles. The maximum atomic E-state index is 11.5. The van der Waals surface area contributed by atoms with Crippen LogP contribution in [0.4, 0.5) is 0 Å². The van der Waals surface area contributed by atoms with Gasteiger partial charge in [0, 0.05) is 13.7 Å². The molecule has 8 heteroatoms. The van der Waals surface area contributed by atoms with Crippen molar-refractivity contribution < 1.29 is 29.3 Å². The van der Waals surface area contributed by atoms with Gasteiger partial charge >= 0.3 is 11.9 Å². The molecule has 8 nitrogen and oxygen atoms in total. The molecule has 0 saturated carbocycles. The number of methoxy groups -OCH3 is 1. The lowest BCUT2D eigenvalue weighted by molar-refractivity contribution is -0.147. The van der Waals surface area contributed by atoms with E-state index in [0.29, 0.717) is 19.4 Å². The van der Waals surface area contributed by atoms with E-state index >= 15 is 0 Å². The molecule has 2 unspecified atom stereocenters. The summed E-state index contributed by atoms with van der Waals surface area (Å²) in [6, 6.07) is -2.35. The van der Waals surface area contributed by atoms with Crippen molar-refractivity contribution in [3.8, 4) is 0 Å². The van der Waals surface area contributed by atoms with E-state index in [1.165, 1.54) is 7.11 Å². The van der Waals surface area contributed by atoms with Crippen LogP contribution >= 0.6 is 0 Å². The van der Waals surface area contributed by atoms with Gasteiger partial charge in [-0.3, -0.25) is 9.59 Å². The standard InChI is InChI=1S/C10H18N2O6/c1-18-4-2-3-6(11)9(15)12-7(10(16)17)5-8(13)14/h6-7H,2-5,11H2,1H3,(H,12,15)(H,13,14)(H,16,17). The molecule has 0 spiro atoms. The van der Waals surface area contributed by atoms with Crippen molar-refractivity contribution in [3.63, 3.8) is 0 Å². The van der Waals surface area contributed by atoms with Gasteiger partial charge in [0.15, 0.2) is 0 Å². The fourth-order valence-corrected chi connectivity index (χ4v) is 1.23. The minimum atomic E-state index is -1.47. The van der Waals surface area contributed by atoms with Crippen molar-refractivity contribution >= 4 is 17.8 Å². The van der Waals surface area contributed by atoms with Crippen molar-refractivity contribution in [2.45, 2.75) is 31.3 Å². The molecule has 0 aromatic rings. The zero-order chi connectivity index (χ0) is 14.1. The lowest BCUT2D eigenvalue weighted by Gasteiger charge is -2.16. The highest BCUT2D eigenvalue weighted by Crippen LogP contribution is 1.98. The molecule has 5 N–H and O–H groups in total. The maximum absolute atomic E-state index is 11.5. The first-order chi connectivity index (χ1) is 8.38. The lowest BCUT2D eigenvalue weighted by Crippen LogP contribution is -2.49. The molecule has 0 saturated heterocycles. The predicted octanol–water partition coefficient (Wildman–Crippen LogP) is -1.22. The molecule has 0 bridgehead atoms. The van der Waals surface area contributed by atoms with Gasteiger partial charge in [-0.2, -0.15) is 0 Å². The van der Waals surface area contributed by atoms with Crippen LogP contribution in [-0.2, 0) is 19.1 Å². The van der Waals surface area contributed by atoms with E-state index in [0.717, 1.165) is 0 Å². The van der Waals surface area contributed by atoms with Crippen molar-refractivity contribution in [2.75, 3.05) is 13.7 Å². The Hall–Kier alpha value is -1.67. The number of ether oxygens (including phenoxy) is 1. The van der Waals surface area contributed by atoms with E-state index in [4.69, 9.17) is 20.7 Å². The number of carbonyl (C=O) groups excluding carboxylic acids is 1. The molecule has 0 radical (unpaired) electrons. The summed E-state index contributed by atoms with van der Waals surface area (Å²) in [6.07, 6.45) is 0.201. The van der Waals surface area contributed by atoms with Crippen LogP contribution in [0.25, 0.3) is 0 Å². The average Bonchev–Trinajstić information content (AvgIpc) is 2.27. The molecule has 2 atom stereocenters. The van der Waals surface area contributed by atoms with Crippen LogP contribution in [0.3, 0.4) is 0 Å². The number of carboxylic acids is 2. The smallest absolute Gasteiger partial charge is 0.326 e. The number of carboxylic acid groups (broad SMARTS) is 2. The SMILES string of the molecule is COCCCC(N)C(=O)NC(CC(=O)O)C(=O)O. The van der Waals surface area contributed by atoms with E-state index < -0.39 is 36.4 Å². The highest BCUT2D eigenvalue weighted by Gasteiger charge is 2.25. The zero-order valence-corrected chi connectivity index (χ0v) is 10.1. The topological polar surface area (TPSA) is 139 Å². The van der Waals surface area contributed by atoms with E-state index in [9.17, 15) is 14.4 Å². The van der Waals surface area contributed by atoms with Gasteiger partial charge in [0.1, 0.15) is 6.04 Å². The molecule has 0 aliphatic carbocycles. The van der Waals surface area contributed by atoms with Crippen LogP contribution in [0.5, 0.6) is 0 Å². The van der Waals surface area contributed by atoms with Crippen LogP contribution in [0.2, 0.25) is 0 Å². The first-order valence-corrected chi connectivity index (χ1v) is 5.38. The summed E-state index contributed by atoms with van der Waals surface area (Å²) in [6.45, 7) is 0.443. The number of carbonyl (C=O) groups is 3. The molecule has 0 aliphatic rings. The van der Waals surface area contributed by atoms with Crippen LogP contribution in [0.1, 0.15) is 19.3 Å². The van der Waals surface area contributed by atoms with Gasteiger partial charge in [-0.25, -0.2) is 4.79 Å². The summed E-state index contributed by atoms with van der Waals surface area (Å²) in [5, 5.41) is 19.3. The van der Waals surface area contributed by atoms with Gasteiger partial charge in [-0.15, -0.1) is 0 Å². The summed E-state index contributed by atoms with van der Waals surface area (Å²) in [5.41, 5.74) is 5.53. The van der Waals surface area contributed by atoms with Crippen molar-refractivity contribution in [1.82, 2.24) is 5.32 Å². The third kappa shape index (κ3) is 6.81. The molecular formula is C10H18N2O6. The monoisotopic (exact) mass is 262 g/mol. The Kier molecular flexibility index (Phi) is 7.64. The van der Waals surface area contributed by atoms with Gasteiger partial charge in [0.2, 0.25) is 5.91 Å². The number of aliphatic carboxylic acids is 2. The van der Waals surface area contributed by atoms with Crippen molar-refractivity contribution in [1.29, 1.82) is 0 Å². The fraction of sp³-hybridized carbons (Fsp3) is 0.700. The summed E-state index contributed by atoms with van der Waals surface area (Å²) in [4.78, 5) is 32.6. The Bertz CT molecular complexity index is 307. The van der Waals surface area contributed by atoms with E-state index in [1.54, 1.807) is 0 Å². The van der Waals surface area contributed by atoms with E-state index in [-0.39, 0.29) is 0 Å². The van der Waals surface area contributed by atoms with Crippen LogP contribution in [0, 0.1) is 0 Å². The van der Waals surface area contributed by atoms with Crippen LogP contribution in [-0.4, -0.2) is 53.9 Å². The highest BCUT2D eigenvalue weighted by molar-refractivity contribution is 5.88. The summed E-state index contributed by atoms with van der Waals surface area (Å²) in [5.74, 6) is -3.40. The first kappa shape index (κ1) is 16.3. The second-order valence-electron chi connectivity index (χ2n) is 3.74. The lowest BCUT2D eigenvalue weighted by atomic mass is 10.1. The molecule has 0 aromatic carbocycles. The Balaban J connectivity index is 4.23. The quantitative estimate of drug-likeness (QED) is 0.382. The Morgan fingerprint density at radius 1 is 1.33 bits per heavy atom. The maximum Gasteiger partial charge on any atom is 0.326 e. The third-order valence-electron chi connectivity index (χ3n) is 2.19. The third-order valence-corrected chi connectivity index (χ3v) is 2.19. The van der Waals surface area contributed by atoms with Crippen molar-refractivity contribution in [3.05, 3.63) is 0 Å². The Labute approximate surface area is 104 Å². The highest BCUT2D eigenvalue weighted by atomic mass is 16.5. The average molecular weight is 262 g/mol. The zero-order valence-electron chi connectivity index (χ0n) is 10.1. The summed E-state index contributed by atoms with van der Waals surface area (Å²) >= 11 is 0.